The van der Waals surface area contributed by atoms with E-state index < -0.39 is 24.2 Å². The number of nitrogens with zero attached hydrogens (tertiary/aromatic N) is 1. The standard InChI is InChI=1S/C15H15NO5/c1-2-10-20-14(18)16-12(13(17)21-15(16)19)9-8-11-6-4-3-5-7-11/h2-7,12H,1,8-10H2. The minimum atomic E-state index is -0.993. The van der Waals surface area contributed by atoms with E-state index in [0.29, 0.717) is 6.42 Å². The fourth-order valence-corrected chi connectivity index (χ4v) is 2.03. The van der Waals surface area contributed by atoms with Gasteiger partial charge < -0.3 is 9.47 Å². The van der Waals surface area contributed by atoms with Crippen molar-refractivity contribution < 1.29 is 23.9 Å². The van der Waals surface area contributed by atoms with Crippen LogP contribution < -0.4 is 0 Å². The van der Waals surface area contributed by atoms with Crippen LogP contribution in [0.1, 0.15) is 12.0 Å². The maximum atomic E-state index is 11.8. The molecule has 1 saturated heterocycles. The average molecular weight is 289 g/mol. The molecule has 1 atom stereocenters. The zero-order chi connectivity index (χ0) is 15.2. The highest BCUT2D eigenvalue weighted by atomic mass is 16.6. The Morgan fingerprint density at radius 2 is 2.05 bits per heavy atom. The fourth-order valence-electron chi connectivity index (χ4n) is 2.03. The van der Waals surface area contributed by atoms with Crippen LogP contribution in [0, 0.1) is 0 Å². The third-order valence-corrected chi connectivity index (χ3v) is 3.04. The molecule has 1 aromatic carbocycles. The maximum Gasteiger partial charge on any atom is 0.427 e. The van der Waals surface area contributed by atoms with E-state index in [4.69, 9.17) is 4.74 Å². The van der Waals surface area contributed by atoms with Gasteiger partial charge in [-0.3, -0.25) is 0 Å². The Balaban J connectivity index is 2.04. The summed E-state index contributed by atoms with van der Waals surface area (Å²) in [4.78, 5) is 35.8. The van der Waals surface area contributed by atoms with Crippen LogP contribution in [0.5, 0.6) is 0 Å². The molecule has 21 heavy (non-hydrogen) atoms. The predicted molar refractivity (Wildman–Crippen MR) is 73.4 cm³/mol. The molecular formula is C15H15NO5. The number of aryl methyl sites for hydroxylation is 1. The van der Waals surface area contributed by atoms with Crippen molar-refractivity contribution in [2.75, 3.05) is 6.61 Å². The number of ether oxygens (including phenoxy) is 2. The Kier molecular flexibility index (Phi) is 4.71. The van der Waals surface area contributed by atoms with Crippen LogP contribution in [0.3, 0.4) is 0 Å². The number of hydrogen-bond acceptors (Lipinski definition) is 5. The van der Waals surface area contributed by atoms with Crippen LogP contribution in [0.15, 0.2) is 43.0 Å². The third kappa shape index (κ3) is 3.47. The van der Waals surface area contributed by atoms with E-state index in [2.05, 4.69) is 11.3 Å². The van der Waals surface area contributed by atoms with E-state index in [0.717, 1.165) is 10.5 Å². The molecule has 1 aliphatic rings. The molecule has 1 unspecified atom stereocenters. The van der Waals surface area contributed by atoms with Crippen molar-refractivity contribution in [2.45, 2.75) is 18.9 Å². The Bertz CT molecular complexity index is 554. The number of amides is 2. The lowest BCUT2D eigenvalue weighted by Crippen LogP contribution is -2.40. The maximum absolute atomic E-state index is 11.8. The van der Waals surface area contributed by atoms with Crippen LogP contribution in [-0.2, 0) is 20.7 Å². The summed E-state index contributed by atoms with van der Waals surface area (Å²) < 4.78 is 9.29. The number of esters is 1. The minimum absolute atomic E-state index is 0.0395. The molecular weight excluding hydrogens is 274 g/mol. The lowest BCUT2D eigenvalue weighted by Gasteiger charge is -2.17. The van der Waals surface area contributed by atoms with Crippen molar-refractivity contribution in [3.05, 3.63) is 48.6 Å². The van der Waals surface area contributed by atoms with Gasteiger partial charge in [0.05, 0.1) is 0 Å². The van der Waals surface area contributed by atoms with Gasteiger partial charge in [0.1, 0.15) is 12.6 Å². The Morgan fingerprint density at radius 3 is 2.71 bits per heavy atom. The summed E-state index contributed by atoms with van der Waals surface area (Å²) in [6, 6.07) is 8.50. The zero-order valence-electron chi connectivity index (χ0n) is 11.4. The molecule has 1 heterocycles. The van der Waals surface area contributed by atoms with Crippen LogP contribution >= 0.6 is 0 Å². The summed E-state index contributed by atoms with van der Waals surface area (Å²) in [6.45, 7) is 3.37. The molecule has 110 valence electrons. The summed E-state index contributed by atoms with van der Waals surface area (Å²) in [5.74, 6) is -0.730. The number of hydrogen-bond donors (Lipinski definition) is 0. The molecule has 6 nitrogen and oxygen atoms in total. The Hall–Kier alpha value is -2.63. The first kappa shape index (κ1) is 14.8. The lowest BCUT2D eigenvalue weighted by molar-refractivity contribution is -0.135. The molecule has 1 fully saturated rings. The highest BCUT2D eigenvalue weighted by Gasteiger charge is 2.45. The smallest absolute Gasteiger partial charge is 0.427 e. The number of carbonyl (C=O) groups is 3. The van der Waals surface area contributed by atoms with Crippen molar-refractivity contribution in [1.82, 2.24) is 4.90 Å². The quantitative estimate of drug-likeness (QED) is 0.472. The molecule has 0 bridgehead atoms. The summed E-state index contributed by atoms with van der Waals surface area (Å²) in [5.41, 5.74) is 1.00. The summed E-state index contributed by atoms with van der Waals surface area (Å²) in [6.07, 6.45) is 0.313. The second kappa shape index (κ2) is 6.69. The van der Waals surface area contributed by atoms with Crippen LogP contribution in [-0.4, -0.2) is 35.7 Å². The number of carbonyl (C=O) groups excluding carboxylic acids is 3. The third-order valence-electron chi connectivity index (χ3n) is 3.04. The van der Waals surface area contributed by atoms with Gasteiger partial charge in [0, 0.05) is 0 Å². The molecule has 0 N–H and O–H groups in total. The van der Waals surface area contributed by atoms with Gasteiger partial charge in [0.25, 0.3) is 0 Å². The van der Waals surface area contributed by atoms with Gasteiger partial charge in [-0.2, -0.15) is 4.90 Å². The van der Waals surface area contributed by atoms with E-state index >= 15 is 0 Å². The van der Waals surface area contributed by atoms with E-state index in [1.165, 1.54) is 6.08 Å². The van der Waals surface area contributed by atoms with Crippen molar-refractivity contribution >= 4 is 18.2 Å². The molecule has 6 heteroatoms. The van der Waals surface area contributed by atoms with E-state index in [-0.39, 0.29) is 13.0 Å². The van der Waals surface area contributed by atoms with Crippen LogP contribution in [0.2, 0.25) is 0 Å². The molecule has 1 aromatic rings. The van der Waals surface area contributed by atoms with Crippen molar-refractivity contribution in [3.63, 3.8) is 0 Å². The second-order valence-corrected chi connectivity index (χ2v) is 4.46. The predicted octanol–water partition coefficient (Wildman–Crippen LogP) is 2.29. The molecule has 2 rings (SSSR count). The minimum Gasteiger partial charge on any atom is -0.445 e. The first-order valence-corrected chi connectivity index (χ1v) is 6.50. The van der Waals surface area contributed by atoms with E-state index in [1.54, 1.807) is 0 Å². The summed E-state index contributed by atoms with van der Waals surface area (Å²) in [5, 5.41) is 0. The number of rotatable bonds is 5. The first-order valence-electron chi connectivity index (χ1n) is 6.50. The topological polar surface area (TPSA) is 72.9 Å². The first-order chi connectivity index (χ1) is 10.1. The van der Waals surface area contributed by atoms with Crippen molar-refractivity contribution in [3.8, 4) is 0 Å². The molecule has 2 amide bonds. The monoisotopic (exact) mass is 289 g/mol. The van der Waals surface area contributed by atoms with Crippen LogP contribution in [0.4, 0.5) is 9.59 Å². The normalized spacial score (nSPS) is 17.5. The summed E-state index contributed by atoms with van der Waals surface area (Å²) in [7, 11) is 0. The van der Waals surface area contributed by atoms with Gasteiger partial charge in [0.2, 0.25) is 0 Å². The molecule has 0 aromatic heterocycles. The average Bonchev–Trinajstić information content (AvgIpc) is 2.77. The van der Waals surface area contributed by atoms with Gasteiger partial charge in [-0.15, -0.1) is 0 Å². The van der Waals surface area contributed by atoms with Crippen molar-refractivity contribution in [2.24, 2.45) is 0 Å². The van der Waals surface area contributed by atoms with E-state index in [1.807, 2.05) is 30.3 Å². The number of benzene rings is 1. The SMILES string of the molecule is C=CCOC(=O)N1C(=O)OC(=O)C1CCc1ccccc1. The molecule has 1 aliphatic heterocycles. The number of imide groups is 1. The zero-order valence-corrected chi connectivity index (χ0v) is 11.4. The highest BCUT2D eigenvalue weighted by Crippen LogP contribution is 2.20. The molecule has 0 saturated carbocycles. The second-order valence-electron chi connectivity index (χ2n) is 4.46. The van der Waals surface area contributed by atoms with Gasteiger partial charge in [0.15, 0.2) is 0 Å². The van der Waals surface area contributed by atoms with Gasteiger partial charge in [-0.05, 0) is 18.4 Å². The Labute approximate surface area is 121 Å². The fraction of sp³-hybridized carbons (Fsp3) is 0.267. The van der Waals surface area contributed by atoms with Gasteiger partial charge in [-0.25, -0.2) is 14.4 Å². The van der Waals surface area contributed by atoms with E-state index in [9.17, 15) is 14.4 Å². The van der Waals surface area contributed by atoms with Gasteiger partial charge >= 0.3 is 18.2 Å². The lowest BCUT2D eigenvalue weighted by atomic mass is 10.1. The Morgan fingerprint density at radius 1 is 1.33 bits per heavy atom. The van der Waals surface area contributed by atoms with Crippen LogP contribution in [0.25, 0.3) is 0 Å². The van der Waals surface area contributed by atoms with Crippen molar-refractivity contribution in [1.29, 1.82) is 0 Å². The molecule has 0 radical (unpaired) electrons. The summed E-state index contributed by atoms with van der Waals surface area (Å²) >= 11 is 0. The molecule has 0 aliphatic carbocycles. The number of cyclic esters (lactones) is 2. The van der Waals surface area contributed by atoms with Gasteiger partial charge in [-0.1, -0.05) is 43.0 Å². The molecule has 0 spiro atoms. The largest absolute Gasteiger partial charge is 0.445 e. The highest BCUT2D eigenvalue weighted by molar-refractivity contribution is 6.03.